The van der Waals surface area contributed by atoms with Crippen molar-refractivity contribution in [1.29, 1.82) is 0 Å². The third-order valence-corrected chi connectivity index (χ3v) is 5.51. The fraction of sp³-hybridized carbons (Fsp3) is 0.182. The monoisotopic (exact) mass is 421 g/mol. The van der Waals surface area contributed by atoms with Gasteiger partial charge >= 0.3 is 5.97 Å². The van der Waals surface area contributed by atoms with Gasteiger partial charge in [-0.2, -0.15) is 5.10 Å². The summed E-state index contributed by atoms with van der Waals surface area (Å²) in [5.74, 6) is -1.37. The van der Waals surface area contributed by atoms with Crippen molar-refractivity contribution >= 4 is 35.2 Å². The number of imide groups is 1. The van der Waals surface area contributed by atoms with Crippen LogP contribution in [0.25, 0.3) is 22.3 Å². The lowest BCUT2D eigenvalue weighted by molar-refractivity contribution is -0.151. The molecule has 1 aliphatic rings. The second-order valence-electron chi connectivity index (χ2n) is 6.67. The Hall–Kier alpha value is -3.52. The smallest absolute Gasteiger partial charge is 0.331 e. The average molecular weight is 421 g/mol. The van der Waals surface area contributed by atoms with Crippen LogP contribution in [0.15, 0.2) is 60.1 Å². The summed E-state index contributed by atoms with van der Waals surface area (Å²) in [6.07, 6.45) is 5.73. The zero-order valence-electron chi connectivity index (χ0n) is 16.1. The Bertz CT molecular complexity index is 1090. The third-order valence-electron chi connectivity index (χ3n) is 4.63. The van der Waals surface area contributed by atoms with Gasteiger partial charge in [0.05, 0.1) is 10.6 Å². The van der Waals surface area contributed by atoms with E-state index in [1.165, 1.54) is 6.08 Å². The van der Waals surface area contributed by atoms with Crippen LogP contribution < -0.4 is 0 Å². The maximum Gasteiger partial charge on any atom is 0.331 e. The van der Waals surface area contributed by atoms with Crippen molar-refractivity contribution in [3.8, 4) is 16.3 Å². The van der Waals surface area contributed by atoms with Crippen LogP contribution in [0.5, 0.6) is 0 Å². The maximum absolute atomic E-state index is 12.1. The number of nitrogens with zero attached hydrogens (tertiary/aromatic N) is 3. The first-order chi connectivity index (χ1) is 14.6. The van der Waals surface area contributed by atoms with E-state index >= 15 is 0 Å². The second kappa shape index (κ2) is 8.87. The maximum atomic E-state index is 12.1. The Labute approximate surface area is 177 Å². The van der Waals surface area contributed by atoms with Gasteiger partial charge in [0.2, 0.25) is 5.91 Å². The molecule has 0 radical (unpaired) electrons. The van der Waals surface area contributed by atoms with Crippen molar-refractivity contribution in [2.75, 3.05) is 13.2 Å². The largest absolute Gasteiger partial charge is 0.452 e. The molecule has 7 nitrogen and oxygen atoms in total. The van der Waals surface area contributed by atoms with Crippen molar-refractivity contribution < 1.29 is 19.1 Å². The van der Waals surface area contributed by atoms with E-state index in [2.05, 4.69) is 5.10 Å². The van der Waals surface area contributed by atoms with Gasteiger partial charge in [-0.3, -0.25) is 14.5 Å². The van der Waals surface area contributed by atoms with Crippen LogP contribution in [0.4, 0.5) is 0 Å². The summed E-state index contributed by atoms with van der Waals surface area (Å²) in [5, 5.41) is 6.62. The molecule has 30 heavy (non-hydrogen) atoms. The lowest BCUT2D eigenvalue weighted by Crippen LogP contribution is -2.35. The zero-order valence-corrected chi connectivity index (χ0v) is 16.9. The van der Waals surface area contributed by atoms with Gasteiger partial charge in [0.1, 0.15) is 5.69 Å². The SMILES string of the molecule is O=C(C=Cc1cn(-c2ccccc2)nc1-c1cccs1)OCC(=O)N1CCCC1=O. The van der Waals surface area contributed by atoms with E-state index < -0.39 is 18.5 Å². The van der Waals surface area contributed by atoms with Gasteiger partial charge in [-0.15, -0.1) is 11.3 Å². The summed E-state index contributed by atoms with van der Waals surface area (Å²) in [7, 11) is 0. The summed E-state index contributed by atoms with van der Waals surface area (Å²) in [6.45, 7) is -0.0656. The van der Waals surface area contributed by atoms with Gasteiger partial charge in [-0.25, -0.2) is 9.48 Å². The highest BCUT2D eigenvalue weighted by Crippen LogP contribution is 2.28. The van der Waals surface area contributed by atoms with Gasteiger partial charge in [0.15, 0.2) is 6.61 Å². The van der Waals surface area contributed by atoms with E-state index in [1.54, 1.807) is 22.1 Å². The number of ether oxygens (including phenoxy) is 1. The molecule has 3 aromatic rings. The minimum atomic E-state index is -0.653. The molecule has 2 amide bonds. The molecule has 8 heteroatoms. The fourth-order valence-corrected chi connectivity index (χ4v) is 3.89. The standard InChI is InChI=1S/C22H19N3O4S/c26-19-9-4-12-24(19)20(27)15-29-21(28)11-10-16-14-25(17-6-2-1-3-7-17)23-22(16)18-8-5-13-30-18/h1-3,5-8,10-11,13-14H,4,9,12,15H2. The molecule has 1 fully saturated rings. The van der Waals surface area contributed by atoms with E-state index in [4.69, 9.17) is 4.74 Å². The summed E-state index contributed by atoms with van der Waals surface area (Å²) in [5.41, 5.74) is 2.40. The molecule has 0 bridgehead atoms. The molecule has 0 N–H and O–H groups in total. The minimum Gasteiger partial charge on any atom is -0.452 e. The van der Waals surface area contributed by atoms with Gasteiger partial charge in [0, 0.05) is 30.8 Å². The molecule has 1 aliphatic heterocycles. The molecule has 2 aromatic heterocycles. The molecule has 4 rings (SSSR count). The molecule has 0 spiro atoms. The minimum absolute atomic E-state index is 0.222. The predicted molar refractivity (Wildman–Crippen MR) is 113 cm³/mol. The molecule has 152 valence electrons. The molecule has 0 aliphatic carbocycles. The quantitative estimate of drug-likeness (QED) is 0.451. The van der Waals surface area contributed by atoms with Crippen molar-refractivity contribution in [2.45, 2.75) is 12.8 Å². The van der Waals surface area contributed by atoms with E-state index in [0.717, 1.165) is 26.7 Å². The Kier molecular flexibility index (Phi) is 5.85. The molecule has 3 heterocycles. The van der Waals surface area contributed by atoms with Gasteiger partial charge in [-0.1, -0.05) is 24.3 Å². The van der Waals surface area contributed by atoms with Crippen LogP contribution in [-0.4, -0.2) is 45.6 Å². The fourth-order valence-electron chi connectivity index (χ4n) is 3.16. The summed E-state index contributed by atoms with van der Waals surface area (Å²) in [6, 6.07) is 13.6. The number of para-hydroxylation sites is 1. The number of hydrogen-bond acceptors (Lipinski definition) is 6. The van der Waals surface area contributed by atoms with Crippen LogP contribution in [0.3, 0.4) is 0 Å². The number of amides is 2. The van der Waals surface area contributed by atoms with Crippen LogP contribution >= 0.6 is 11.3 Å². The van der Waals surface area contributed by atoms with Crippen LogP contribution in [0.1, 0.15) is 18.4 Å². The van der Waals surface area contributed by atoms with Crippen molar-refractivity contribution in [3.05, 3.63) is 65.7 Å². The predicted octanol–water partition coefficient (Wildman–Crippen LogP) is 3.31. The third kappa shape index (κ3) is 4.38. The second-order valence-corrected chi connectivity index (χ2v) is 7.62. The van der Waals surface area contributed by atoms with Crippen LogP contribution in [0.2, 0.25) is 0 Å². The first-order valence-electron chi connectivity index (χ1n) is 9.49. The van der Waals surface area contributed by atoms with Crippen molar-refractivity contribution in [2.24, 2.45) is 0 Å². The zero-order chi connectivity index (χ0) is 20.9. The van der Waals surface area contributed by atoms with Gasteiger partial charge in [0.25, 0.3) is 5.91 Å². The molecular weight excluding hydrogens is 402 g/mol. The number of thiophene rings is 1. The lowest BCUT2D eigenvalue weighted by atomic mass is 10.2. The number of aromatic nitrogens is 2. The van der Waals surface area contributed by atoms with Crippen LogP contribution in [0, 0.1) is 0 Å². The first kappa shape index (κ1) is 19.8. The Balaban J connectivity index is 1.48. The Morgan fingerprint density at radius 1 is 1.17 bits per heavy atom. The number of benzene rings is 1. The average Bonchev–Trinajstić information content (AvgIpc) is 3.51. The number of carbonyl (C=O) groups excluding carboxylic acids is 3. The molecule has 0 saturated carbocycles. The normalized spacial score (nSPS) is 13.9. The van der Waals surface area contributed by atoms with Gasteiger partial charge < -0.3 is 4.74 Å². The highest BCUT2D eigenvalue weighted by atomic mass is 32.1. The lowest BCUT2D eigenvalue weighted by Gasteiger charge is -2.12. The summed E-state index contributed by atoms with van der Waals surface area (Å²) >= 11 is 1.55. The van der Waals surface area contributed by atoms with Crippen molar-refractivity contribution in [3.63, 3.8) is 0 Å². The highest BCUT2D eigenvalue weighted by Gasteiger charge is 2.26. The number of carbonyl (C=O) groups is 3. The Morgan fingerprint density at radius 3 is 2.70 bits per heavy atom. The number of rotatable bonds is 6. The van der Waals surface area contributed by atoms with Crippen LogP contribution in [-0.2, 0) is 19.1 Å². The van der Waals surface area contributed by atoms with E-state index in [0.29, 0.717) is 19.4 Å². The topological polar surface area (TPSA) is 81.5 Å². The first-order valence-corrected chi connectivity index (χ1v) is 10.4. The molecule has 1 aromatic carbocycles. The summed E-state index contributed by atoms with van der Waals surface area (Å²) in [4.78, 5) is 37.8. The van der Waals surface area contributed by atoms with E-state index in [-0.39, 0.29) is 5.91 Å². The highest BCUT2D eigenvalue weighted by molar-refractivity contribution is 7.13. The molecule has 1 saturated heterocycles. The van der Waals surface area contributed by atoms with Crippen molar-refractivity contribution in [1.82, 2.24) is 14.7 Å². The molecule has 0 unspecified atom stereocenters. The number of likely N-dealkylation sites (tertiary alicyclic amines) is 1. The summed E-state index contributed by atoms with van der Waals surface area (Å²) < 4.78 is 6.77. The number of hydrogen-bond donors (Lipinski definition) is 0. The van der Waals surface area contributed by atoms with E-state index in [9.17, 15) is 14.4 Å². The van der Waals surface area contributed by atoms with Gasteiger partial charge in [-0.05, 0) is 36.1 Å². The van der Waals surface area contributed by atoms with E-state index in [1.807, 2.05) is 54.0 Å². The number of esters is 1. The molecular formula is C22H19N3O4S. The molecule has 0 atom stereocenters. The Morgan fingerprint density at radius 2 is 2.00 bits per heavy atom.